The van der Waals surface area contributed by atoms with Gasteiger partial charge in [0.05, 0.1) is 11.5 Å². The summed E-state index contributed by atoms with van der Waals surface area (Å²) < 4.78 is 0. The zero-order valence-corrected chi connectivity index (χ0v) is 23.4. The molecule has 0 aliphatic carbocycles. The second kappa shape index (κ2) is 13.6. The van der Waals surface area contributed by atoms with Gasteiger partial charge in [-0.05, 0) is 62.0 Å². The lowest BCUT2D eigenvalue weighted by atomic mass is 9.77. The van der Waals surface area contributed by atoms with Crippen LogP contribution in [0, 0.1) is 11.3 Å². The molecule has 0 radical (unpaired) electrons. The minimum absolute atomic E-state index is 0. The van der Waals surface area contributed by atoms with Crippen molar-refractivity contribution in [1.29, 1.82) is 0 Å². The van der Waals surface area contributed by atoms with E-state index in [-0.39, 0.29) is 48.1 Å². The van der Waals surface area contributed by atoms with E-state index in [1.165, 1.54) is 0 Å². The Morgan fingerprint density at radius 2 is 1.78 bits per heavy atom. The number of carbonyl (C=O) groups is 2. The summed E-state index contributed by atoms with van der Waals surface area (Å²) in [7, 11) is 0. The standard InChI is InChI=1S/C27H35ClN4O2.2ClH/c1-20(2)25(33)30-24(22-7-3-4-8-23(22)28)9-14-31-15-10-27(11-16-31)12-17-32(26(27)34)19-21-6-5-13-29-18-21;;/h3-8,13,18,20,24H,9-12,14-17,19H2,1-2H3,(H,30,33);2*1H. The van der Waals surface area contributed by atoms with Crippen LogP contribution in [-0.2, 0) is 16.1 Å². The fraction of sp³-hybridized carbons (Fsp3) is 0.519. The molecule has 2 aliphatic heterocycles. The quantitative estimate of drug-likeness (QED) is 0.480. The summed E-state index contributed by atoms with van der Waals surface area (Å²) in [5.74, 6) is 0.254. The van der Waals surface area contributed by atoms with Crippen molar-refractivity contribution in [3.63, 3.8) is 0 Å². The van der Waals surface area contributed by atoms with Crippen LogP contribution in [0.2, 0.25) is 5.02 Å². The SMILES string of the molecule is CC(C)C(=O)NC(CCN1CCC2(CC1)CCN(Cc1cccnc1)C2=O)c1ccccc1Cl.Cl.Cl. The van der Waals surface area contributed by atoms with E-state index in [9.17, 15) is 9.59 Å². The minimum Gasteiger partial charge on any atom is -0.349 e. The highest BCUT2D eigenvalue weighted by atomic mass is 35.5. The summed E-state index contributed by atoms with van der Waals surface area (Å²) in [6.45, 7) is 7.94. The fourth-order valence-electron chi connectivity index (χ4n) is 5.14. The predicted octanol–water partition coefficient (Wildman–Crippen LogP) is 5.30. The zero-order valence-electron chi connectivity index (χ0n) is 21.0. The van der Waals surface area contributed by atoms with Crippen LogP contribution in [-0.4, -0.2) is 52.8 Å². The van der Waals surface area contributed by atoms with Crippen molar-refractivity contribution in [2.45, 2.75) is 52.1 Å². The van der Waals surface area contributed by atoms with Gasteiger partial charge in [0, 0.05) is 43.0 Å². The molecule has 9 heteroatoms. The number of hydrogen-bond acceptors (Lipinski definition) is 4. The van der Waals surface area contributed by atoms with Gasteiger partial charge < -0.3 is 15.1 Å². The molecule has 198 valence electrons. The third-order valence-electron chi connectivity index (χ3n) is 7.37. The Hall–Kier alpha value is -1.86. The molecular formula is C27H37Cl3N4O2. The molecule has 1 atom stereocenters. The van der Waals surface area contributed by atoms with Crippen LogP contribution in [0.4, 0.5) is 0 Å². The number of rotatable bonds is 8. The number of aromatic nitrogens is 1. The molecule has 1 unspecified atom stereocenters. The number of carbonyl (C=O) groups excluding carboxylic acids is 2. The highest BCUT2D eigenvalue weighted by Crippen LogP contribution is 2.42. The van der Waals surface area contributed by atoms with Crippen molar-refractivity contribution in [2.75, 3.05) is 26.2 Å². The van der Waals surface area contributed by atoms with E-state index >= 15 is 0 Å². The van der Waals surface area contributed by atoms with E-state index in [2.05, 4.69) is 15.2 Å². The van der Waals surface area contributed by atoms with Gasteiger partial charge in [0.15, 0.2) is 0 Å². The van der Waals surface area contributed by atoms with E-state index in [0.717, 1.165) is 63.0 Å². The molecule has 2 amide bonds. The first-order valence-corrected chi connectivity index (χ1v) is 12.7. The molecule has 6 nitrogen and oxygen atoms in total. The number of hydrogen-bond donors (Lipinski definition) is 1. The molecule has 36 heavy (non-hydrogen) atoms. The van der Waals surface area contributed by atoms with E-state index in [1.807, 2.05) is 61.3 Å². The number of nitrogens with one attached hydrogen (secondary N) is 1. The largest absolute Gasteiger partial charge is 0.349 e. The second-order valence-electron chi connectivity index (χ2n) is 9.99. The molecule has 1 aromatic carbocycles. The van der Waals surface area contributed by atoms with Gasteiger partial charge in [-0.3, -0.25) is 14.6 Å². The van der Waals surface area contributed by atoms with E-state index in [0.29, 0.717) is 17.5 Å². The second-order valence-corrected chi connectivity index (χ2v) is 10.4. The van der Waals surface area contributed by atoms with Crippen molar-refractivity contribution >= 4 is 48.2 Å². The molecule has 0 saturated carbocycles. The van der Waals surface area contributed by atoms with Crippen LogP contribution < -0.4 is 5.32 Å². The van der Waals surface area contributed by atoms with Crippen LogP contribution in [0.25, 0.3) is 0 Å². The van der Waals surface area contributed by atoms with Gasteiger partial charge in [-0.25, -0.2) is 0 Å². The Morgan fingerprint density at radius 3 is 2.42 bits per heavy atom. The normalized spacial score (nSPS) is 18.0. The van der Waals surface area contributed by atoms with Gasteiger partial charge in [0.1, 0.15) is 0 Å². The van der Waals surface area contributed by atoms with Crippen molar-refractivity contribution in [1.82, 2.24) is 20.1 Å². The van der Waals surface area contributed by atoms with Gasteiger partial charge in [0.25, 0.3) is 0 Å². The third-order valence-corrected chi connectivity index (χ3v) is 7.71. The van der Waals surface area contributed by atoms with E-state index < -0.39 is 0 Å². The Bertz CT molecular complexity index is 998. The number of piperidine rings is 1. The van der Waals surface area contributed by atoms with Crippen LogP contribution in [0.5, 0.6) is 0 Å². The molecule has 2 saturated heterocycles. The summed E-state index contributed by atoms with van der Waals surface area (Å²) in [5, 5.41) is 3.86. The molecule has 2 fully saturated rings. The number of pyridine rings is 1. The molecule has 3 heterocycles. The zero-order chi connectivity index (χ0) is 24.1. The number of amides is 2. The lowest BCUT2D eigenvalue weighted by molar-refractivity contribution is -0.139. The van der Waals surface area contributed by atoms with Crippen molar-refractivity contribution in [2.24, 2.45) is 11.3 Å². The lowest BCUT2D eigenvalue weighted by Gasteiger charge is -2.38. The summed E-state index contributed by atoms with van der Waals surface area (Å²) in [6.07, 6.45) is 7.11. The number of benzene rings is 1. The van der Waals surface area contributed by atoms with Gasteiger partial charge in [-0.15, -0.1) is 24.8 Å². The van der Waals surface area contributed by atoms with Gasteiger partial charge >= 0.3 is 0 Å². The van der Waals surface area contributed by atoms with E-state index in [1.54, 1.807) is 6.20 Å². The highest BCUT2D eigenvalue weighted by molar-refractivity contribution is 6.31. The molecule has 0 bridgehead atoms. The van der Waals surface area contributed by atoms with Gasteiger partial charge in [-0.1, -0.05) is 49.7 Å². The minimum atomic E-state index is -0.216. The molecule has 2 aromatic rings. The first-order chi connectivity index (χ1) is 16.4. The Labute approximate surface area is 232 Å². The van der Waals surface area contributed by atoms with Gasteiger partial charge in [-0.2, -0.15) is 0 Å². The molecule has 1 spiro atoms. The highest BCUT2D eigenvalue weighted by Gasteiger charge is 2.47. The van der Waals surface area contributed by atoms with Crippen LogP contribution in [0.15, 0.2) is 48.8 Å². The predicted molar refractivity (Wildman–Crippen MR) is 149 cm³/mol. The fourth-order valence-corrected chi connectivity index (χ4v) is 5.40. The van der Waals surface area contributed by atoms with Crippen molar-refractivity contribution in [3.8, 4) is 0 Å². The Balaban J connectivity index is 0.00000228. The van der Waals surface area contributed by atoms with Crippen molar-refractivity contribution < 1.29 is 9.59 Å². The summed E-state index contributed by atoms with van der Waals surface area (Å²) in [5.41, 5.74) is 1.83. The monoisotopic (exact) mass is 554 g/mol. The van der Waals surface area contributed by atoms with Crippen molar-refractivity contribution in [3.05, 3.63) is 64.9 Å². The Morgan fingerprint density at radius 1 is 1.08 bits per heavy atom. The average Bonchev–Trinajstić information content (AvgIpc) is 3.13. The summed E-state index contributed by atoms with van der Waals surface area (Å²) in [6, 6.07) is 11.6. The maximum Gasteiger partial charge on any atom is 0.229 e. The summed E-state index contributed by atoms with van der Waals surface area (Å²) >= 11 is 6.46. The molecular weight excluding hydrogens is 519 g/mol. The topological polar surface area (TPSA) is 65.5 Å². The number of halogens is 3. The first kappa shape index (κ1) is 30.4. The van der Waals surface area contributed by atoms with E-state index in [4.69, 9.17) is 11.6 Å². The third kappa shape index (κ3) is 7.12. The smallest absolute Gasteiger partial charge is 0.229 e. The first-order valence-electron chi connectivity index (χ1n) is 12.3. The maximum absolute atomic E-state index is 13.3. The average molecular weight is 556 g/mol. The number of nitrogens with zero attached hydrogens (tertiary/aromatic N) is 3. The number of likely N-dealkylation sites (tertiary alicyclic amines) is 2. The molecule has 4 rings (SSSR count). The Kier molecular flexibility index (Phi) is 11.5. The van der Waals surface area contributed by atoms with Crippen LogP contribution >= 0.6 is 36.4 Å². The summed E-state index contributed by atoms with van der Waals surface area (Å²) in [4.78, 5) is 34.3. The molecule has 1 aromatic heterocycles. The van der Waals surface area contributed by atoms with Gasteiger partial charge in [0.2, 0.25) is 11.8 Å². The maximum atomic E-state index is 13.3. The van der Waals surface area contributed by atoms with Crippen LogP contribution in [0.1, 0.15) is 56.7 Å². The molecule has 2 aliphatic rings. The lowest BCUT2D eigenvalue weighted by Crippen LogP contribution is -2.45. The molecule has 1 N–H and O–H groups in total. The van der Waals surface area contributed by atoms with Crippen LogP contribution in [0.3, 0.4) is 0 Å².